The molecule has 1 N–H and O–H groups in total. The predicted octanol–water partition coefficient (Wildman–Crippen LogP) is 5.57. The first kappa shape index (κ1) is 16.8. The summed E-state index contributed by atoms with van der Waals surface area (Å²) in [5.74, 6) is 0.685. The number of rotatable bonds is 5. The monoisotopic (exact) mass is 431 g/mol. The number of hydrogen-bond acceptors (Lipinski definition) is 2. The van der Waals surface area contributed by atoms with Crippen molar-refractivity contribution in [2.45, 2.75) is 13.0 Å². The van der Waals surface area contributed by atoms with E-state index in [0.717, 1.165) is 21.1 Å². The molecule has 0 bridgehead atoms. The van der Waals surface area contributed by atoms with Crippen LogP contribution in [0.25, 0.3) is 0 Å². The first-order valence-electron chi connectivity index (χ1n) is 6.58. The second-order valence-corrected chi connectivity index (χ2v) is 6.73. The first-order valence-corrected chi connectivity index (χ1v) is 8.55. The van der Waals surface area contributed by atoms with Gasteiger partial charge in [0.1, 0.15) is 5.75 Å². The molecule has 0 saturated heterocycles. The van der Waals surface area contributed by atoms with E-state index in [1.807, 2.05) is 30.3 Å². The van der Waals surface area contributed by atoms with Crippen molar-refractivity contribution in [3.05, 3.63) is 61.5 Å². The zero-order chi connectivity index (χ0) is 15.4. The number of methoxy groups -OCH3 is 1. The molecule has 0 aliphatic rings. The lowest BCUT2D eigenvalue weighted by Crippen LogP contribution is -2.22. The predicted molar refractivity (Wildman–Crippen MR) is 95.4 cm³/mol. The Kier molecular flexibility index (Phi) is 6.11. The number of nitrogens with one attached hydrogen (secondary N) is 1. The van der Waals surface area contributed by atoms with E-state index in [1.54, 1.807) is 7.11 Å². The lowest BCUT2D eigenvalue weighted by molar-refractivity contribution is 0.414. The Hall–Kier alpha value is -0.550. The molecule has 0 radical (unpaired) electrons. The summed E-state index contributed by atoms with van der Waals surface area (Å²) in [6.45, 7) is 2.95. The van der Waals surface area contributed by atoms with Crippen LogP contribution in [-0.4, -0.2) is 13.7 Å². The van der Waals surface area contributed by atoms with E-state index in [0.29, 0.717) is 10.8 Å². The van der Waals surface area contributed by atoms with Crippen LogP contribution in [0.3, 0.4) is 0 Å². The molecule has 0 amide bonds. The Labute approximate surface area is 147 Å². The highest BCUT2D eigenvalue weighted by atomic mass is 79.9. The molecular weight excluding hydrogens is 417 g/mol. The van der Waals surface area contributed by atoms with Crippen LogP contribution in [0.1, 0.15) is 24.1 Å². The molecule has 1 unspecified atom stereocenters. The summed E-state index contributed by atoms with van der Waals surface area (Å²) < 4.78 is 7.42. The van der Waals surface area contributed by atoms with E-state index in [4.69, 9.17) is 16.3 Å². The smallest absolute Gasteiger partial charge is 0.137 e. The number of benzene rings is 2. The van der Waals surface area contributed by atoms with Crippen molar-refractivity contribution in [1.82, 2.24) is 5.32 Å². The standard InChI is InChI=1S/C16H16Br2ClNO/c1-3-20-16(12-6-5-11(17)9-13(12)18)10-4-7-14(19)15(8-10)21-2/h4-9,16,20H,3H2,1-2H3. The van der Waals surface area contributed by atoms with Crippen LogP contribution in [0.5, 0.6) is 5.75 Å². The maximum Gasteiger partial charge on any atom is 0.137 e. The maximum absolute atomic E-state index is 6.12. The summed E-state index contributed by atoms with van der Waals surface area (Å²) in [5, 5.41) is 4.12. The molecule has 21 heavy (non-hydrogen) atoms. The molecule has 5 heteroatoms. The summed E-state index contributed by atoms with van der Waals surface area (Å²) in [4.78, 5) is 0. The van der Waals surface area contributed by atoms with Crippen molar-refractivity contribution < 1.29 is 4.74 Å². The Balaban J connectivity index is 2.47. The molecule has 0 aromatic heterocycles. The quantitative estimate of drug-likeness (QED) is 0.665. The van der Waals surface area contributed by atoms with Gasteiger partial charge in [0.25, 0.3) is 0 Å². The van der Waals surface area contributed by atoms with E-state index < -0.39 is 0 Å². The average molecular weight is 434 g/mol. The molecule has 2 nitrogen and oxygen atoms in total. The van der Waals surface area contributed by atoms with Crippen LogP contribution in [0.4, 0.5) is 0 Å². The van der Waals surface area contributed by atoms with Crippen LogP contribution >= 0.6 is 43.5 Å². The van der Waals surface area contributed by atoms with Gasteiger partial charge in [-0.2, -0.15) is 0 Å². The third-order valence-electron chi connectivity index (χ3n) is 3.19. The normalized spacial score (nSPS) is 12.2. The van der Waals surface area contributed by atoms with Gasteiger partial charge >= 0.3 is 0 Å². The van der Waals surface area contributed by atoms with Crippen LogP contribution in [0.15, 0.2) is 45.3 Å². The molecule has 2 aromatic rings. The van der Waals surface area contributed by atoms with Gasteiger partial charge in [-0.25, -0.2) is 0 Å². The SMILES string of the molecule is CCNC(c1ccc(Cl)c(OC)c1)c1ccc(Br)cc1Br. The molecule has 0 aliphatic heterocycles. The lowest BCUT2D eigenvalue weighted by atomic mass is 9.98. The zero-order valence-electron chi connectivity index (χ0n) is 11.8. The minimum atomic E-state index is 0.0728. The van der Waals surface area contributed by atoms with Gasteiger partial charge < -0.3 is 10.1 Å². The van der Waals surface area contributed by atoms with E-state index in [-0.39, 0.29) is 6.04 Å². The maximum atomic E-state index is 6.12. The minimum Gasteiger partial charge on any atom is -0.495 e. The highest BCUT2D eigenvalue weighted by molar-refractivity contribution is 9.11. The van der Waals surface area contributed by atoms with Gasteiger partial charge in [0.15, 0.2) is 0 Å². The summed E-state index contributed by atoms with van der Waals surface area (Å²) in [6, 6.07) is 12.1. The van der Waals surface area contributed by atoms with E-state index in [9.17, 15) is 0 Å². The Morgan fingerprint density at radius 3 is 2.57 bits per heavy atom. The van der Waals surface area contributed by atoms with Gasteiger partial charge in [-0.05, 0) is 41.9 Å². The van der Waals surface area contributed by atoms with Crippen LogP contribution in [0, 0.1) is 0 Å². The van der Waals surface area contributed by atoms with Crippen LogP contribution in [0.2, 0.25) is 5.02 Å². The molecule has 0 heterocycles. The molecule has 0 spiro atoms. The molecule has 0 saturated carbocycles. The van der Waals surface area contributed by atoms with Crippen LogP contribution in [-0.2, 0) is 0 Å². The fourth-order valence-electron chi connectivity index (χ4n) is 2.20. The molecular formula is C16H16Br2ClNO. The summed E-state index contributed by atoms with van der Waals surface area (Å²) >= 11 is 13.2. The van der Waals surface area contributed by atoms with E-state index in [2.05, 4.69) is 50.2 Å². The van der Waals surface area contributed by atoms with E-state index >= 15 is 0 Å². The largest absolute Gasteiger partial charge is 0.495 e. The van der Waals surface area contributed by atoms with Crippen molar-refractivity contribution in [1.29, 1.82) is 0 Å². The van der Waals surface area contributed by atoms with Gasteiger partial charge in [-0.15, -0.1) is 0 Å². The first-order chi connectivity index (χ1) is 10.1. The van der Waals surface area contributed by atoms with Crippen molar-refractivity contribution in [2.24, 2.45) is 0 Å². The average Bonchev–Trinajstić information content (AvgIpc) is 2.46. The second-order valence-electron chi connectivity index (χ2n) is 4.55. The summed E-state index contributed by atoms with van der Waals surface area (Å²) in [5.41, 5.74) is 2.28. The van der Waals surface area contributed by atoms with Gasteiger partial charge in [-0.1, -0.05) is 62.5 Å². The lowest BCUT2D eigenvalue weighted by Gasteiger charge is -2.21. The molecule has 0 aliphatic carbocycles. The van der Waals surface area contributed by atoms with Crippen molar-refractivity contribution >= 4 is 43.5 Å². The van der Waals surface area contributed by atoms with Crippen molar-refractivity contribution in [3.8, 4) is 5.75 Å². The Morgan fingerprint density at radius 1 is 1.19 bits per heavy atom. The molecule has 112 valence electrons. The summed E-state index contributed by atoms with van der Waals surface area (Å²) in [7, 11) is 1.63. The highest BCUT2D eigenvalue weighted by Gasteiger charge is 2.17. The van der Waals surface area contributed by atoms with Crippen molar-refractivity contribution in [2.75, 3.05) is 13.7 Å². The van der Waals surface area contributed by atoms with Gasteiger partial charge in [0, 0.05) is 8.95 Å². The number of ether oxygens (including phenoxy) is 1. The molecule has 2 rings (SSSR count). The fourth-order valence-corrected chi connectivity index (χ4v) is 3.67. The second kappa shape index (κ2) is 7.63. The molecule has 0 fully saturated rings. The fraction of sp³-hybridized carbons (Fsp3) is 0.250. The third kappa shape index (κ3) is 4.01. The van der Waals surface area contributed by atoms with Gasteiger partial charge in [0.05, 0.1) is 18.2 Å². The highest BCUT2D eigenvalue weighted by Crippen LogP contribution is 2.34. The third-order valence-corrected chi connectivity index (χ3v) is 4.68. The zero-order valence-corrected chi connectivity index (χ0v) is 15.7. The summed E-state index contributed by atoms with van der Waals surface area (Å²) in [6.07, 6.45) is 0. The van der Waals surface area contributed by atoms with Gasteiger partial charge in [0.2, 0.25) is 0 Å². The number of hydrogen-bond donors (Lipinski definition) is 1. The van der Waals surface area contributed by atoms with Gasteiger partial charge in [-0.3, -0.25) is 0 Å². The van der Waals surface area contributed by atoms with Crippen molar-refractivity contribution in [3.63, 3.8) is 0 Å². The van der Waals surface area contributed by atoms with E-state index in [1.165, 1.54) is 5.56 Å². The number of halogens is 3. The Morgan fingerprint density at radius 2 is 1.95 bits per heavy atom. The Bertz CT molecular complexity index is 634. The topological polar surface area (TPSA) is 21.3 Å². The molecule has 2 aromatic carbocycles. The van der Waals surface area contributed by atoms with Crippen LogP contribution < -0.4 is 10.1 Å². The minimum absolute atomic E-state index is 0.0728. The molecule has 1 atom stereocenters.